The minimum absolute atomic E-state index is 0. The number of hydrogen-bond donors (Lipinski definition) is 3. The third-order valence-corrected chi connectivity index (χ3v) is 5.48. The highest BCUT2D eigenvalue weighted by molar-refractivity contribution is 14.0. The van der Waals surface area contributed by atoms with E-state index in [4.69, 9.17) is 0 Å². The van der Waals surface area contributed by atoms with Crippen LogP contribution in [0.2, 0.25) is 0 Å². The third-order valence-electron chi connectivity index (χ3n) is 4.01. The topological polar surface area (TPSA) is 82.6 Å². The van der Waals surface area contributed by atoms with Gasteiger partial charge in [0.25, 0.3) is 0 Å². The molecule has 0 spiro atoms. The summed E-state index contributed by atoms with van der Waals surface area (Å²) in [6.45, 7) is 2.55. The predicted octanol–water partition coefficient (Wildman–Crippen LogP) is 3.28. The number of halogens is 4. The van der Waals surface area contributed by atoms with E-state index in [1.807, 2.05) is 6.92 Å². The summed E-state index contributed by atoms with van der Waals surface area (Å²) in [7, 11) is -2.06. The van der Waals surface area contributed by atoms with Crippen molar-refractivity contribution >= 4 is 40.0 Å². The maximum atomic E-state index is 12.6. The zero-order valence-electron chi connectivity index (χ0n) is 16.5. The van der Waals surface area contributed by atoms with E-state index in [0.29, 0.717) is 11.5 Å². The first-order valence-electron chi connectivity index (χ1n) is 8.79. The molecular weight excluding hydrogens is 532 g/mol. The van der Waals surface area contributed by atoms with Crippen LogP contribution in [0.4, 0.5) is 13.2 Å². The SMILES string of the molecule is CN=C(NCCNS(=O)(=O)c1ccc(C)cc1)NCc1ccc(C(F)(F)F)cc1.I. The molecule has 0 aromatic heterocycles. The van der Waals surface area contributed by atoms with Crippen LogP contribution in [0.15, 0.2) is 58.4 Å². The number of benzene rings is 2. The second kappa shape index (κ2) is 11.5. The molecule has 0 aliphatic rings. The highest BCUT2D eigenvalue weighted by atomic mass is 127. The number of nitrogens with zero attached hydrogens (tertiary/aromatic N) is 1. The van der Waals surface area contributed by atoms with E-state index in [0.717, 1.165) is 17.7 Å². The smallest absolute Gasteiger partial charge is 0.355 e. The highest BCUT2D eigenvalue weighted by Gasteiger charge is 2.29. The first-order chi connectivity index (χ1) is 13.6. The molecule has 2 rings (SSSR count). The molecular formula is C19H24F3IN4O2S. The van der Waals surface area contributed by atoms with Gasteiger partial charge < -0.3 is 10.6 Å². The normalized spacial score (nSPS) is 12.2. The lowest BCUT2D eigenvalue weighted by Gasteiger charge is -2.13. The molecule has 0 aliphatic heterocycles. The molecule has 30 heavy (non-hydrogen) atoms. The van der Waals surface area contributed by atoms with Gasteiger partial charge in [0.15, 0.2) is 5.96 Å². The standard InChI is InChI=1S/C19H23F3N4O2S.HI/c1-14-3-9-17(10-4-14)29(27,28)26-12-11-24-18(23-2)25-13-15-5-7-16(8-6-15)19(20,21)22;/h3-10,26H,11-13H2,1-2H3,(H2,23,24,25);1H. The molecule has 0 heterocycles. The fraction of sp³-hybridized carbons (Fsp3) is 0.316. The number of hydrogen-bond acceptors (Lipinski definition) is 3. The zero-order chi connectivity index (χ0) is 21.5. The van der Waals surface area contributed by atoms with Crippen molar-refractivity contribution in [3.05, 3.63) is 65.2 Å². The Morgan fingerprint density at radius 2 is 1.57 bits per heavy atom. The van der Waals surface area contributed by atoms with Crippen LogP contribution in [0.1, 0.15) is 16.7 Å². The Kier molecular flexibility index (Phi) is 10.0. The minimum Gasteiger partial charge on any atom is -0.355 e. The third kappa shape index (κ3) is 8.11. The van der Waals surface area contributed by atoms with Gasteiger partial charge in [0.1, 0.15) is 0 Å². The number of sulfonamides is 1. The van der Waals surface area contributed by atoms with Crippen molar-refractivity contribution in [2.45, 2.75) is 24.5 Å². The molecule has 0 aliphatic carbocycles. The maximum Gasteiger partial charge on any atom is 0.416 e. The molecule has 166 valence electrons. The van der Waals surface area contributed by atoms with Crippen LogP contribution in [-0.4, -0.2) is 34.5 Å². The molecule has 0 fully saturated rings. The minimum atomic E-state index is -4.37. The summed E-state index contributed by atoms with van der Waals surface area (Å²) in [4.78, 5) is 4.19. The Morgan fingerprint density at radius 3 is 2.10 bits per heavy atom. The zero-order valence-corrected chi connectivity index (χ0v) is 19.6. The first-order valence-corrected chi connectivity index (χ1v) is 10.3. The molecule has 0 radical (unpaired) electrons. The average Bonchev–Trinajstić information content (AvgIpc) is 2.67. The largest absolute Gasteiger partial charge is 0.416 e. The Labute approximate surface area is 191 Å². The molecule has 3 N–H and O–H groups in total. The molecule has 0 saturated carbocycles. The van der Waals surface area contributed by atoms with Crippen molar-refractivity contribution in [1.29, 1.82) is 0 Å². The van der Waals surface area contributed by atoms with Crippen LogP contribution in [0.5, 0.6) is 0 Å². The van der Waals surface area contributed by atoms with Gasteiger partial charge in [-0.25, -0.2) is 13.1 Å². The fourth-order valence-corrected chi connectivity index (χ4v) is 3.42. The Bertz CT molecular complexity index is 932. The highest BCUT2D eigenvalue weighted by Crippen LogP contribution is 2.29. The number of aryl methyl sites for hydroxylation is 1. The molecule has 6 nitrogen and oxygen atoms in total. The molecule has 0 saturated heterocycles. The van der Waals surface area contributed by atoms with Crippen molar-refractivity contribution in [2.24, 2.45) is 4.99 Å². The molecule has 2 aromatic carbocycles. The van der Waals surface area contributed by atoms with Crippen molar-refractivity contribution in [2.75, 3.05) is 20.1 Å². The summed E-state index contributed by atoms with van der Waals surface area (Å²) >= 11 is 0. The summed E-state index contributed by atoms with van der Waals surface area (Å²) < 4.78 is 64.6. The molecule has 0 atom stereocenters. The van der Waals surface area contributed by atoms with Gasteiger partial charge in [0.2, 0.25) is 10.0 Å². The number of rotatable bonds is 7. The van der Waals surface area contributed by atoms with Gasteiger partial charge in [0.05, 0.1) is 10.5 Å². The second-order valence-electron chi connectivity index (χ2n) is 6.26. The first kappa shape index (κ1) is 26.2. The van der Waals surface area contributed by atoms with Crippen LogP contribution >= 0.6 is 24.0 Å². The summed E-state index contributed by atoms with van der Waals surface area (Å²) in [5.41, 5.74) is 0.916. The lowest BCUT2D eigenvalue weighted by molar-refractivity contribution is -0.137. The van der Waals surface area contributed by atoms with E-state index >= 15 is 0 Å². The summed E-state index contributed by atoms with van der Waals surface area (Å²) in [6.07, 6.45) is -4.37. The average molecular weight is 556 g/mol. The van der Waals surface area contributed by atoms with E-state index in [-0.39, 0.29) is 48.5 Å². The summed E-state index contributed by atoms with van der Waals surface area (Å²) in [5, 5.41) is 5.90. The van der Waals surface area contributed by atoms with Crippen molar-refractivity contribution in [1.82, 2.24) is 15.4 Å². The van der Waals surface area contributed by atoms with Gasteiger partial charge in [-0.15, -0.1) is 24.0 Å². The molecule has 2 aromatic rings. The monoisotopic (exact) mass is 556 g/mol. The Morgan fingerprint density at radius 1 is 0.967 bits per heavy atom. The quantitative estimate of drug-likeness (QED) is 0.212. The van der Waals surface area contributed by atoms with Gasteiger partial charge in [-0.1, -0.05) is 29.8 Å². The molecule has 0 bridgehead atoms. The van der Waals surface area contributed by atoms with E-state index < -0.39 is 21.8 Å². The number of alkyl halides is 3. The second-order valence-corrected chi connectivity index (χ2v) is 8.03. The van der Waals surface area contributed by atoms with Crippen LogP contribution < -0.4 is 15.4 Å². The fourth-order valence-electron chi connectivity index (χ4n) is 2.39. The van der Waals surface area contributed by atoms with Crippen molar-refractivity contribution in [3.63, 3.8) is 0 Å². The summed E-state index contributed by atoms with van der Waals surface area (Å²) in [6, 6.07) is 11.3. The van der Waals surface area contributed by atoms with Gasteiger partial charge in [0, 0.05) is 26.7 Å². The van der Waals surface area contributed by atoms with Crippen molar-refractivity contribution < 1.29 is 21.6 Å². The molecule has 0 amide bonds. The van der Waals surface area contributed by atoms with Crippen LogP contribution in [0.25, 0.3) is 0 Å². The van der Waals surface area contributed by atoms with Gasteiger partial charge in [-0.3, -0.25) is 4.99 Å². The van der Waals surface area contributed by atoms with E-state index in [1.54, 1.807) is 19.2 Å². The van der Waals surface area contributed by atoms with E-state index in [9.17, 15) is 21.6 Å². The van der Waals surface area contributed by atoms with Crippen molar-refractivity contribution in [3.8, 4) is 0 Å². The number of aliphatic imine (C=N–C) groups is 1. The van der Waals surface area contributed by atoms with Gasteiger partial charge >= 0.3 is 6.18 Å². The Balaban J connectivity index is 0.00000450. The Hall–Kier alpha value is -1.86. The predicted molar refractivity (Wildman–Crippen MR) is 121 cm³/mol. The van der Waals surface area contributed by atoms with Crippen LogP contribution in [0.3, 0.4) is 0 Å². The van der Waals surface area contributed by atoms with E-state index in [2.05, 4.69) is 20.3 Å². The molecule has 11 heteroatoms. The van der Waals surface area contributed by atoms with Gasteiger partial charge in [-0.2, -0.15) is 13.2 Å². The van der Waals surface area contributed by atoms with Crippen LogP contribution in [-0.2, 0) is 22.7 Å². The summed E-state index contributed by atoms with van der Waals surface area (Å²) in [5.74, 6) is 0.402. The number of nitrogens with one attached hydrogen (secondary N) is 3. The number of guanidine groups is 1. The van der Waals surface area contributed by atoms with Crippen LogP contribution in [0, 0.1) is 6.92 Å². The lowest BCUT2D eigenvalue weighted by atomic mass is 10.1. The maximum absolute atomic E-state index is 12.6. The van der Waals surface area contributed by atoms with Gasteiger partial charge in [-0.05, 0) is 36.8 Å². The van der Waals surface area contributed by atoms with E-state index in [1.165, 1.54) is 24.3 Å². The molecule has 0 unspecified atom stereocenters. The lowest BCUT2D eigenvalue weighted by Crippen LogP contribution is -2.41.